The number of aliphatic hydroxyl groups is 1. The number of thioether (sulfide) groups is 1. The van der Waals surface area contributed by atoms with Gasteiger partial charge in [0.05, 0.1) is 43.1 Å². The Kier molecular flexibility index (Phi) is 12.6. The van der Waals surface area contributed by atoms with Crippen molar-refractivity contribution in [3.63, 3.8) is 0 Å². The van der Waals surface area contributed by atoms with Crippen LogP contribution in [0.15, 0.2) is 35.2 Å². The Morgan fingerprint density at radius 1 is 1.09 bits per heavy atom. The van der Waals surface area contributed by atoms with E-state index >= 15 is 0 Å². The molecular formula is C32H52N4O6S2. The molecule has 0 spiro atoms. The number of fused-ring (bicyclic) bond motifs is 1. The summed E-state index contributed by atoms with van der Waals surface area (Å²) in [6, 6.07) is 8.79. The predicted octanol–water partition coefficient (Wildman–Crippen LogP) is 2.72. The van der Waals surface area contributed by atoms with Crippen molar-refractivity contribution in [3.8, 4) is 0 Å². The molecule has 2 amide bonds. The minimum Gasteiger partial charge on any atom is -0.390 e. The van der Waals surface area contributed by atoms with Crippen LogP contribution >= 0.6 is 11.8 Å². The number of nitrogens with one attached hydrogen (secondary N) is 2. The SMILES string of the molecule is C[C@H](CS(=O)(=O)N1CCOCC1)C(=O)NC(CSc1ccccc1)[C@H](O)CN1C[C@H]2CCCC[C@H]2C[C@H]1C(=O)NC(C)(C)C. The third-order valence-electron chi connectivity index (χ3n) is 8.96. The van der Waals surface area contributed by atoms with Gasteiger partial charge >= 0.3 is 0 Å². The summed E-state index contributed by atoms with van der Waals surface area (Å²) < 4.78 is 32.7. The molecule has 44 heavy (non-hydrogen) atoms. The summed E-state index contributed by atoms with van der Waals surface area (Å²) in [6.07, 6.45) is 4.46. The first-order valence-electron chi connectivity index (χ1n) is 16.1. The maximum atomic E-state index is 13.5. The molecule has 3 fully saturated rings. The van der Waals surface area contributed by atoms with Crippen molar-refractivity contribution in [1.82, 2.24) is 19.8 Å². The van der Waals surface area contributed by atoms with Crippen LogP contribution in [0.2, 0.25) is 0 Å². The van der Waals surface area contributed by atoms with Crippen molar-refractivity contribution in [2.24, 2.45) is 17.8 Å². The van der Waals surface area contributed by atoms with E-state index in [2.05, 4.69) is 15.5 Å². The van der Waals surface area contributed by atoms with Crippen molar-refractivity contribution in [2.75, 3.05) is 50.9 Å². The minimum absolute atomic E-state index is 0.0186. The normalized spacial score (nSPS) is 25.8. The lowest BCUT2D eigenvalue weighted by Gasteiger charge is -2.47. The molecular weight excluding hydrogens is 601 g/mol. The van der Waals surface area contributed by atoms with Crippen molar-refractivity contribution < 1.29 is 27.9 Å². The number of carbonyl (C=O) groups is 2. The van der Waals surface area contributed by atoms with Crippen LogP contribution in [0.5, 0.6) is 0 Å². The monoisotopic (exact) mass is 652 g/mol. The van der Waals surface area contributed by atoms with E-state index in [4.69, 9.17) is 4.74 Å². The molecule has 1 aromatic rings. The lowest BCUT2D eigenvalue weighted by molar-refractivity contribution is -0.133. The Morgan fingerprint density at radius 3 is 2.41 bits per heavy atom. The van der Waals surface area contributed by atoms with Crippen LogP contribution in [0.1, 0.15) is 59.8 Å². The Labute approximate surface area is 268 Å². The van der Waals surface area contributed by atoms with Crippen LogP contribution in [0, 0.1) is 17.8 Å². The molecule has 4 rings (SSSR count). The van der Waals surface area contributed by atoms with Crippen LogP contribution in [0.4, 0.5) is 0 Å². The Morgan fingerprint density at radius 2 is 1.75 bits per heavy atom. The van der Waals surface area contributed by atoms with Crippen LogP contribution < -0.4 is 10.6 Å². The predicted molar refractivity (Wildman–Crippen MR) is 174 cm³/mol. The molecule has 1 aliphatic carbocycles. The zero-order valence-corrected chi connectivity index (χ0v) is 28.4. The molecule has 2 heterocycles. The highest BCUT2D eigenvalue weighted by molar-refractivity contribution is 7.99. The number of aliphatic hydroxyl groups excluding tert-OH is 1. The van der Waals surface area contributed by atoms with Gasteiger partial charge in [0.2, 0.25) is 21.8 Å². The van der Waals surface area contributed by atoms with Gasteiger partial charge in [-0.15, -0.1) is 11.8 Å². The zero-order valence-electron chi connectivity index (χ0n) is 26.7. The number of rotatable bonds is 12. The summed E-state index contributed by atoms with van der Waals surface area (Å²) >= 11 is 1.53. The molecule has 2 saturated heterocycles. The van der Waals surface area contributed by atoms with E-state index in [-0.39, 0.29) is 42.9 Å². The highest BCUT2D eigenvalue weighted by Gasteiger charge is 2.42. The lowest BCUT2D eigenvalue weighted by atomic mass is 9.72. The molecule has 12 heteroatoms. The summed E-state index contributed by atoms with van der Waals surface area (Å²) in [5.74, 6) is -0.140. The number of ether oxygens (including phenoxy) is 1. The Bertz CT molecular complexity index is 1190. The van der Waals surface area contributed by atoms with Crippen molar-refractivity contribution in [1.29, 1.82) is 0 Å². The third-order valence-corrected chi connectivity index (χ3v) is 12.2. The van der Waals surface area contributed by atoms with Gasteiger partial charge < -0.3 is 20.5 Å². The molecule has 6 atom stereocenters. The Hall–Kier alpha value is -1.70. The highest BCUT2D eigenvalue weighted by atomic mass is 32.2. The van der Waals surface area contributed by atoms with E-state index in [1.165, 1.54) is 28.9 Å². The second-order valence-corrected chi connectivity index (χ2v) is 16.9. The van der Waals surface area contributed by atoms with Gasteiger partial charge in [-0.25, -0.2) is 8.42 Å². The summed E-state index contributed by atoms with van der Waals surface area (Å²) in [5, 5.41) is 17.8. The molecule has 0 aromatic heterocycles. The van der Waals surface area contributed by atoms with E-state index in [1.807, 2.05) is 51.1 Å². The quantitative estimate of drug-likeness (QED) is 0.294. The first kappa shape index (κ1) is 35.2. The van der Waals surface area contributed by atoms with Gasteiger partial charge in [-0.2, -0.15) is 4.31 Å². The molecule has 0 radical (unpaired) electrons. The van der Waals surface area contributed by atoms with Crippen molar-refractivity contribution >= 4 is 33.6 Å². The van der Waals surface area contributed by atoms with Crippen LogP contribution in [-0.4, -0.2) is 109 Å². The van der Waals surface area contributed by atoms with E-state index in [9.17, 15) is 23.1 Å². The molecule has 3 N–H and O–H groups in total. The standard InChI is InChI=1S/C32H52N4O6S2/c1-23(22-44(40,41)36-14-16-42-17-15-36)30(38)33-27(21-43-26-12-6-5-7-13-26)29(37)20-35-19-25-11-9-8-10-24(25)18-28(35)31(39)34-32(2,3)4/h5-7,12-13,23-25,27-29,37H,8-11,14-22H2,1-4H3,(H,33,38)(H,34,39)/t23-,24+,25-,27?,28+,29-/m1/s1. The van der Waals surface area contributed by atoms with E-state index in [1.54, 1.807) is 6.92 Å². The van der Waals surface area contributed by atoms with Gasteiger partial charge in [0.1, 0.15) is 0 Å². The van der Waals surface area contributed by atoms with Crippen LogP contribution in [0.25, 0.3) is 0 Å². The number of piperidine rings is 1. The first-order valence-corrected chi connectivity index (χ1v) is 18.7. The molecule has 1 saturated carbocycles. The molecule has 1 unspecified atom stereocenters. The second-order valence-electron chi connectivity index (χ2n) is 13.7. The molecule has 1 aromatic carbocycles. The zero-order chi connectivity index (χ0) is 31.9. The molecule has 248 valence electrons. The van der Waals surface area contributed by atoms with Gasteiger partial charge in [-0.1, -0.05) is 44.4 Å². The van der Waals surface area contributed by atoms with Gasteiger partial charge in [-0.05, 0) is 57.6 Å². The molecule has 0 bridgehead atoms. The average Bonchev–Trinajstić information content (AvgIpc) is 2.98. The lowest BCUT2D eigenvalue weighted by Crippen LogP contribution is -2.60. The first-order chi connectivity index (χ1) is 20.8. The van der Waals surface area contributed by atoms with Crippen molar-refractivity contribution in [3.05, 3.63) is 30.3 Å². The summed E-state index contributed by atoms with van der Waals surface area (Å²) in [7, 11) is -3.63. The minimum atomic E-state index is -3.63. The maximum Gasteiger partial charge on any atom is 0.237 e. The topological polar surface area (TPSA) is 128 Å². The van der Waals surface area contributed by atoms with Gasteiger partial charge in [-0.3, -0.25) is 14.5 Å². The number of β-amino-alcohol motifs (C(OH)–C–C–N with tert-alkyl or cyclic N) is 1. The van der Waals surface area contributed by atoms with Crippen molar-refractivity contribution in [2.45, 2.75) is 88.4 Å². The number of carbonyl (C=O) groups excluding carboxylic acids is 2. The number of benzene rings is 1. The third kappa shape index (κ3) is 10.2. The average molecular weight is 653 g/mol. The fourth-order valence-corrected chi connectivity index (χ4v) is 9.32. The van der Waals surface area contributed by atoms with Gasteiger partial charge in [0, 0.05) is 42.4 Å². The largest absolute Gasteiger partial charge is 0.390 e. The number of likely N-dealkylation sites (tertiary alicyclic amines) is 1. The van der Waals surface area contributed by atoms with Crippen LogP contribution in [-0.2, 0) is 24.3 Å². The second kappa shape index (κ2) is 15.7. The van der Waals surface area contributed by atoms with E-state index in [0.29, 0.717) is 30.8 Å². The number of sulfonamides is 1. The fraction of sp³-hybridized carbons (Fsp3) is 0.750. The molecule has 2 aliphatic heterocycles. The summed E-state index contributed by atoms with van der Waals surface area (Å²) in [4.78, 5) is 30.1. The van der Waals surface area contributed by atoms with E-state index < -0.39 is 34.0 Å². The number of hydrogen-bond acceptors (Lipinski definition) is 8. The summed E-state index contributed by atoms with van der Waals surface area (Å²) in [5.41, 5.74) is -0.370. The van der Waals surface area contributed by atoms with Gasteiger partial charge in [0.15, 0.2) is 0 Å². The Balaban J connectivity index is 1.48. The number of amides is 2. The smallest absolute Gasteiger partial charge is 0.237 e. The number of nitrogens with zero attached hydrogens (tertiary/aromatic N) is 2. The van der Waals surface area contributed by atoms with E-state index in [0.717, 1.165) is 30.7 Å². The van der Waals surface area contributed by atoms with Crippen LogP contribution in [0.3, 0.4) is 0 Å². The molecule has 10 nitrogen and oxygen atoms in total. The number of morpholine rings is 1. The molecule has 3 aliphatic rings. The fourth-order valence-electron chi connectivity index (χ4n) is 6.59. The maximum absolute atomic E-state index is 13.5. The highest BCUT2D eigenvalue weighted by Crippen LogP contribution is 2.39. The summed E-state index contributed by atoms with van der Waals surface area (Å²) in [6.45, 7) is 9.78. The van der Waals surface area contributed by atoms with Gasteiger partial charge in [0.25, 0.3) is 0 Å². The number of hydrogen-bond donors (Lipinski definition) is 3.